The van der Waals surface area contributed by atoms with E-state index >= 15 is 0 Å². The van der Waals surface area contributed by atoms with Crippen molar-refractivity contribution in [1.82, 2.24) is 0 Å². The largest absolute Gasteiger partial charge is 0.457 e. The van der Waals surface area contributed by atoms with E-state index in [1.165, 1.54) is 0 Å². The Morgan fingerprint density at radius 1 is 1.00 bits per heavy atom. The molecule has 0 atom stereocenters. The SMILES string of the molecule is C=Cc1ccc(Oc2ccccc2)cc1Cl. The van der Waals surface area contributed by atoms with Crippen molar-refractivity contribution in [2.75, 3.05) is 0 Å². The molecule has 2 heteroatoms. The van der Waals surface area contributed by atoms with Crippen LogP contribution in [-0.2, 0) is 0 Å². The van der Waals surface area contributed by atoms with Gasteiger partial charge in [-0.15, -0.1) is 0 Å². The summed E-state index contributed by atoms with van der Waals surface area (Å²) >= 11 is 6.04. The Hall–Kier alpha value is -1.73. The molecule has 0 fully saturated rings. The minimum Gasteiger partial charge on any atom is -0.457 e. The third-order valence-electron chi connectivity index (χ3n) is 2.17. The molecule has 0 aliphatic heterocycles. The summed E-state index contributed by atoms with van der Waals surface area (Å²) in [6.07, 6.45) is 1.72. The Morgan fingerprint density at radius 2 is 1.75 bits per heavy atom. The maximum atomic E-state index is 6.04. The Morgan fingerprint density at radius 3 is 2.38 bits per heavy atom. The zero-order valence-corrected chi connectivity index (χ0v) is 9.45. The molecule has 0 bridgehead atoms. The predicted octanol–water partition coefficient (Wildman–Crippen LogP) is 4.78. The van der Waals surface area contributed by atoms with Gasteiger partial charge in [-0.1, -0.05) is 42.5 Å². The van der Waals surface area contributed by atoms with Gasteiger partial charge >= 0.3 is 0 Å². The summed E-state index contributed by atoms with van der Waals surface area (Å²) in [6.45, 7) is 3.68. The molecule has 0 aliphatic carbocycles. The lowest BCUT2D eigenvalue weighted by molar-refractivity contribution is 0.482. The highest BCUT2D eigenvalue weighted by molar-refractivity contribution is 6.32. The first kappa shape index (κ1) is 10.8. The van der Waals surface area contributed by atoms with Crippen LogP contribution in [0.15, 0.2) is 55.1 Å². The third-order valence-corrected chi connectivity index (χ3v) is 2.50. The minimum atomic E-state index is 0.642. The van der Waals surface area contributed by atoms with Crippen LogP contribution in [0, 0.1) is 0 Å². The summed E-state index contributed by atoms with van der Waals surface area (Å²) in [5, 5.41) is 0.642. The van der Waals surface area contributed by atoms with Gasteiger partial charge < -0.3 is 4.74 Å². The summed E-state index contributed by atoms with van der Waals surface area (Å²) in [6, 6.07) is 15.1. The van der Waals surface area contributed by atoms with Gasteiger partial charge in [-0.05, 0) is 35.9 Å². The molecule has 0 aromatic heterocycles. The molecule has 16 heavy (non-hydrogen) atoms. The summed E-state index contributed by atoms with van der Waals surface area (Å²) < 4.78 is 5.64. The number of ether oxygens (including phenoxy) is 1. The first-order valence-electron chi connectivity index (χ1n) is 4.94. The molecule has 1 nitrogen and oxygen atoms in total. The summed E-state index contributed by atoms with van der Waals surface area (Å²) in [5.41, 5.74) is 0.905. The van der Waals surface area contributed by atoms with E-state index in [-0.39, 0.29) is 0 Å². The molecule has 0 radical (unpaired) electrons. The maximum Gasteiger partial charge on any atom is 0.128 e. The number of para-hydroxylation sites is 1. The second-order valence-electron chi connectivity index (χ2n) is 3.30. The molecule has 0 amide bonds. The molecule has 0 heterocycles. The molecule has 80 valence electrons. The van der Waals surface area contributed by atoms with E-state index in [4.69, 9.17) is 16.3 Å². The van der Waals surface area contributed by atoms with Gasteiger partial charge in [0.2, 0.25) is 0 Å². The van der Waals surface area contributed by atoms with Crippen molar-refractivity contribution >= 4 is 17.7 Å². The van der Waals surface area contributed by atoms with Crippen molar-refractivity contribution in [1.29, 1.82) is 0 Å². The molecule has 0 saturated carbocycles. The fraction of sp³-hybridized carbons (Fsp3) is 0. The Labute approximate surface area is 99.9 Å². The average molecular weight is 231 g/mol. The van der Waals surface area contributed by atoms with Crippen molar-refractivity contribution < 1.29 is 4.74 Å². The number of hydrogen-bond acceptors (Lipinski definition) is 1. The first-order valence-corrected chi connectivity index (χ1v) is 5.32. The Balaban J connectivity index is 2.23. The fourth-order valence-electron chi connectivity index (χ4n) is 1.36. The van der Waals surface area contributed by atoms with E-state index in [9.17, 15) is 0 Å². The van der Waals surface area contributed by atoms with Gasteiger partial charge in [-0.25, -0.2) is 0 Å². The molecule has 2 rings (SSSR count). The average Bonchev–Trinajstić information content (AvgIpc) is 2.31. The zero-order chi connectivity index (χ0) is 11.4. The summed E-state index contributed by atoms with van der Waals surface area (Å²) in [7, 11) is 0. The molecular formula is C14H11ClO. The number of benzene rings is 2. The van der Waals surface area contributed by atoms with Crippen LogP contribution in [0.1, 0.15) is 5.56 Å². The minimum absolute atomic E-state index is 0.642. The van der Waals surface area contributed by atoms with E-state index in [1.807, 2.05) is 42.5 Å². The molecular weight excluding hydrogens is 220 g/mol. The van der Waals surface area contributed by atoms with Crippen LogP contribution >= 0.6 is 11.6 Å². The van der Waals surface area contributed by atoms with Crippen molar-refractivity contribution in [3.05, 3.63) is 65.7 Å². The Kier molecular flexibility index (Phi) is 3.28. The fourth-order valence-corrected chi connectivity index (χ4v) is 1.61. The van der Waals surface area contributed by atoms with Gasteiger partial charge in [0.05, 0.1) is 5.02 Å². The topological polar surface area (TPSA) is 9.23 Å². The van der Waals surface area contributed by atoms with Crippen LogP contribution in [0.3, 0.4) is 0 Å². The Bertz CT molecular complexity index is 491. The van der Waals surface area contributed by atoms with Crippen LogP contribution in [0.2, 0.25) is 5.02 Å². The van der Waals surface area contributed by atoms with Gasteiger partial charge in [-0.2, -0.15) is 0 Å². The van der Waals surface area contributed by atoms with Crippen LogP contribution in [0.4, 0.5) is 0 Å². The van der Waals surface area contributed by atoms with E-state index in [0.717, 1.165) is 17.1 Å². The van der Waals surface area contributed by atoms with Crippen LogP contribution < -0.4 is 4.74 Å². The molecule has 2 aromatic rings. The standard InChI is InChI=1S/C14H11ClO/c1-2-11-8-9-13(10-14(11)15)16-12-6-4-3-5-7-12/h2-10H,1H2. The quantitative estimate of drug-likeness (QED) is 0.738. The molecule has 0 aliphatic rings. The maximum absolute atomic E-state index is 6.04. The van der Waals surface area contributed by atoms with Gasteiger partial charge in [0, 0.05) is 0 Å². The molecule has 0 N–H and O–H groups in total. The molecule has 2 aromatic carbocycles. The van der Waals surface area contributed by atoms with Crippen LogP contribution in [-0.4, -0.2) is 0 Å². The summed E-state index contributed by atoms with van der Waals surface area (Å²) in [4.78, 5) is 0. The normalized spacial score (nSPS) is 9.81. The van der Waals surface area contributed by atoms with Crippen molar-refractivity contribution in [3.63, 3.8) is 0 Å². The molecule has 0 saturated heterocycles. The molecule has 0 unspecified atom stereocenters. The number of halogens is 1. The highest BCUT2D eigenvalue weighted by Crippen LogP contribution is 2.27. The highest BCUT2D eigenvalue weighted by atomic mass is 35.5. The van der Waals surface area contributed by atoms with Crippen molar-refractivity contribution in [2.45, 2.75) is 0 Å². The second kappa shape index (κ2) is 4.86. The van der Waals surface area contributed by atoms with Crippen molar-refractivity contribution in [3.8, 4) is 11.5 Å². The second-order valence-corrected chi connectivity index (χ2v) is 3.71. The van der Waals surface area contributed by atoms with Crippen LogP contribution in [0.5, 0.6) is 11.5 Å². The van der Waals surface area contributed by atoms with Crippen LogP contribution in [0.25, 0.3) is 6.08 Å². The molecule has 0 spiro atoms. The van der Waals surface area contributed by atoms with E-state index in [0.29, 0.717) is 5.02 Å². The lowest BCUT2D eigenvalue weighted by atomic mass is 10.2. The first-order chi connectivity index (χ1) is 7.79. The lowest BCUT2D eigenvalue weighted by Gasteiger charge is -2.06. The van der Waals surface area contributed by atoms with E-state index in [2.05, 4.69) is 6.58 Å². The smallest absolute Gasteiger partial charge is 0.128 e. The summed E-state index contributed by atoms with van der Waals surface area (Å²) in [5.74, 6) is 1.52. The van der Waals surface area contributed by atoms with E-state index < -0.39 is 0 Å². The van der Waals surface area contributed by atoms with E-state index in [1.54, 1.807) is 12.1 Å². The number of hydrogen-bond donors (Lipinski definition) is 0. The van der Waals surface area contributed by atoms with Gasteiger partial charge in [-0.3, -0.25) is 0 Å². The number of rotatable bonds is 3. The lowest BCUT2D eigenvalue weighted by Crippen LogP contribution is -1.84. The zero-order valence-electron chi connectivity index (χ0n) is 8.69. The monoisotopic (exact) mass is 230 g/mol. The van der Waals surface area contributed by atoms with Gasteiger partial charge in [0.25, 0.3) is 0 Å². The van der Waals surface area contributed by atoms with Gasteiger partial charge in [0.15, 0.2) is 0 Å². The highest BCUT2D eigenvalue weighted by Gasteiger charge is 2.00. The predicted molar refractivity (Wildman–Crippen MR) is 68.1 cm³/mol. The van der Waals surface area contributed by atoms with Gasteiger partial charge in [0.1, 0.15) is 11.5 Å². The van der Waals surface area contributed by atoms with Crippen molar-refractivity contribution in [2.24, 2.45) is 0 Å². The third kappa shape index (κ3) is 2.44.